The highest BCUT2D eigenvalue weighted by Gasteiger charge is 2.12. The topological polar surface area (TPSA) is 420 Å². The first-order valence-electron chi connectivity index (χ1n) is 68.2. The predicted octanol–water partition coefficient (Wildman–Crippen LogP) is 5.16. The molecule has 0 radical (unpaired) electrons. The molecular weight excluding hydrogens is 1230 g/mol. The standard InChI is InChI=1S/8C9H13NO2/c8*1-10-6-9(12)7-3-2-4-8(11)5-7/h8*2-5,9-12H,6H2,1H3/t4*9-;;;;/m0000..../s1/i1D3,2D,3D,4D,5D,6D2,9D,12D;1D3,2D,3D,4D,5D,9D,12D;1D3,2D,3D,4D,5D,6D2,12D;1D3,2D,3D,4D,5D,12D;1D3,2D,3D,4D,5D,6D2,9D,12D;1D3,2D,3D,4D,5D,9D,12D;1D3,2D,3D,4D,5D,6D2,12D;1D3,2D,3D,4D,5D,12D/hD16. The summed E-state index contributed by atoms with van der Waals surface area (Å²) in [6.07, 6.45) is -19.8. The molecule has 24 nitrogen and oxygen atoms in total. The summed E-state index contributed by atoms with van der Waals surface area (Å²) in [5, 5.41) is 63.6. The molecule has 0 aromatic heterocycles. The van der Waals surface area contributed by atoms with Crippen molar-refractivity contribution in [2.45, 2.75) is 48.7 Å². The van der Waals surface area contributed by atoms with Crippen LogP contribution in [0.1, 0.15) is 186 Å². The summed E-state index contributed by atoms with van der Waals surface area (Å²) >= 11 is 0. The van der Waals surface area contributed by atoms with Crippen molar-refractivity contribution < 1.29 is 186 Å². The zero-order chi connectivity index (χ0) is 149. The van der Waals surface area contributed by atoms with E-state index in [0.29, 0.717) is 0 Å². The Bertz CT molecular complexity index is 6950. The lowest BCUT2D eigenvalue weighted by atomic mass is 10.1. The van der Waals surface area contributed by atoms with Crippen LogP contribution in [0.4, 0.5) is 0 Å². The molecule has 24 N–H and O–H groups in total. The van der Waals surface area contributed by atoms with Gasteiger partial charge in [-0.15, -0.1) is 0 Å². The van der Waals surface area contributed by atoms with Crippen molar-refractivity contribution in [2.75, 3.05) is 108 Å². The van der Waals surface area contributed by atoms with Crippen LogP contribution in [0.3, 0.4) is 0 Å². The Morgan fingerprint density at radius 2 is 0.500 bits per heavy atom. The van der Waals surface area contributed by atoms with Gasteiger partial charge in [0, 0.05) is 96.0 Å². The second kappa shape index (κ2) is 50.9. The molecule has 8 aromatic carbocycles. The molecule has 0 spiro atoms. The van der Waals surface area contributed by atoms with Crippen LogP contribution in [0.5, 0.6) is 46.0 Å². The van der Waals surface area contributed by atoms with E-state index >= 15 is 0 Å². The normalized spacial score (nSPS) is 29.5. The summed E-state index contributed by atoms with van der Waals surface area (Å²) in [6, 6.07) is -26.0. The van der Waals surface area contributed by atoms with Crippen LogP contribution >= 0.6 is 0 Å². The van der Waals surface area contributed by atoms with Gasteiger partial charge in [-0.3, -0.25) is 0 Å². The third kappa shape index (κ3) is 37.6. The van der Waals surface area contributed by atoms with Crippen molar-refractivity contribution in [1.82, 2.24) is 42.5 Å². The number of aliphatic hydroxyl groups is 8. The maximum absolute atomic E-state index is 8.05. The molecule has 0 heterocycles. The molecule has 0 amide bonds. The minimum absolute atomic E-state index is 0.0348. The van der Waals surface area contributed by atoms with E-state index in [0.717, 1.165) is 0 Å². The Balaban J connectivity index is 0.00000107. The van der Waals surface area contributed by atoms with Crippen molar-refractivity contribution >= 4 is 0 Å². The lowest BCUT2D eigenvalue weighted by Gasteiger charge is -2.09. The zero-order valence-electron chi connectivity index (χ0n) is 139. The van der Waals surface area contributed by atoms with Crippen LogP contribution < -0.4 is 42.5 Å². The number of aromatic hydroxyl groups is 8. The summed E-state index contributed by atoms with van der Waals surface area (Å²) in [4.78, 5) is 0. The summed E-state index contributed by atoms with van der Waals surface area (Å²) < 4.78 is 679. The van der Waals surface area contributed by atoms with Crippen LogP contribution in [0.2, 0.25) is 11.3 Å². The highest BCUT2D eigenvalue weighted by atomic mass is 16.3. The number of likely N-dealkylation sites (N-methyl/N-ethyl adjacent to an activating group) is 8. The third-order valence-electron chi connectivity index (χ3n) is 8.71. The van der Waals surface area contributed by atoms with Crippen LogP contribution in [0, 0.1) is 0 Å². The number of nitrogens with one attached hydrogen (secondary N) is 8. The molecule has 96 heavy (non-hydrogen) atoms. The van der Waals surface area contributed by atoms with E-state index < -0.39 is 451 Å². The summed E-state index contributed by atoms with van der Waals surface area (Å²) in [5.74, 6) is -6.08. The fraction of sp³-hybridized carbons (Fsp3) is 0.333. The van der Waals surface area contributed by atoms with Gasteiger partial charge in [0.2, 0.25) is 11.4 Å². The monoisotopic (exact) mass is 1430 g/mol. The highest BCUT2D eigenvalue weighted by Crippen LogP contribution is 2.23. The van der Waals surface area contributed by atoms with Crippen LogP contribution in [-0.4, -0.2) is 213 Å². The molecule has 0 bridgehead atoms. The fourth-order valence-corrected chi connectivity index (χ4v) is 4.87. The van der Waals surface area contributed by atoms with Gasteiger partial charge in [-0.2, -0.15) is 0 Å². The number of hydrogen-bond acceptors (Lipinski definition) is 24. The number of hydrogen-bond donors (Lipinski definition) is 24. The molecule has 0 aliphatic rings. The minimum Gasteiger partial charge on any atom is -0.508 e. The largest absolute Gasteiger partial charge is 0.508 e. The molecular formula is C72H104N8O16. The summed E-state index contributed by atoms with van der Waals surface area (Å²) in [7, 11) is 0. The van der Waals surface area contributed by atoms with Gasteiger partial charge in [-0.05, 0) is 197 Å². The SMILES string of the molecule is [2H]Oc1c([2H])c([2H])c([2H])c(C(CN([2H])C([2H])([2H])[2H])O[2H])c1[2H].[2H]Oc1c([2H])c([2H])c([2H])c(C(O[2H])C([2H])([2H])N([2H])C([2H])([2H])[2H])c1[2H].[2H]Oc1c([2H])c([2H])c([2H])c(C([2H])(CN([2H])C([2H])([2H])[2H])O[2H])c1[2H].[2H]Oc1c([2H])c([2H])c([2H])c(C([2H])(O[2H])C([2H])([2H])N([2H])C([2H])([2H])[2H])c1[2H].[2H]Oc1c([2H])c([2H])c([2H])c([C@@H](O[2H])C([2H])([2H])N([2H])C([2H])([2H])[2H])c1[2H].[2H]Oc1c([2H])c([2H])c([2H])c([C@@]([2H])(O[2H])C([2H])([2H])N([2H])C([2H])([2H])[2H])c1[2H].[2H]Oc1c([2H])c([2H])c([2H])c([C@H](CN([2H])C([2H])([2H])[2H])O[2H])c1[2H].[2H]Oc1c([2H])c([2H])c([2H])c([C@]([2H])(CN([2H])C([2H])([2H])[2H])O[2H])c1[2H]. The van der Waals surface area contributed by atoms with Crippen molar-refractivity contribution in [3.8, 4) is 46.0 Å². The van der Waals surface area contributed by atoms with Crippen molar-refractivity contribution in [3.63, 3.8) is 0 Å². The van der Waals surface area contributed by atoms with E-state index in [4.69, 9.17) is 127 Å². The summed E-state index contributed by atoms with van der Waals surface area (Å²) in [6.45, 7) is -41.7. The highest BCUT2D eigenvalue weighted by molar-refractivity contribution is 5.34. The Morgan fingerprint density at radius 1 is 0.281 bits per heavy atom. The Kier molecular flexibility index (Phi) is 10.8. The van der Waals surface area contributed by atoms with E-state index in [-0.39, 0.29) is 32.4 Å². The van der Waals surface area contributed by atoms with Crippen LogP contribution in [-0.2, 0) is 0 Å². The van der Waals surface area contributed by atoms with E-state index in [1.54, 1.807) is 0 Å². The molecule has 0 aliphatic carbocycles. The quantitative estimate of drug-likeness (QED) is 0.0236. The number of phenolic OH excluding ortho intramolecular Hbond substituents is 8. The van der Waals surface area contributed by atoms with Gasteiger partial charge in [0.25, 0.3) is 11.4 Å². The van der Waals surface area contributed by atoms with Gasteiger partial charge in [0.1, 0.15) is 57.3 Å². The van der Waals surface area contributed by atoms with Crippen molar-refractivity contribution in [3.05, 3.63) is 238 Å². The molecule has 0 saturated heterocycles. The first-order chi connectivity index (χ1) is 84.9. The van der Waals surface area contributed by atoms with E-state index in [9.17, 15) is 0 Å². The molecule has 0 aliphatic heterocycles. The van der Waals surface area contributed by atoms with Gasteiger partial charge >= 0.3 is 0 Å². The number of rotatable bonds is 40. The van der Waals surface area contributed by atoms with Crippen molar-refractivity contribution in [2.24, 2.45) is 0 Å². The third-order valence-corrected chi connectivity index (χ3v) is 8.71. The zero-order valence-corrected chi connectivity index (χ0v) is 47.2. The Labute approximate surface area is 695 Å². The second-order valence-electron chi connectivity index (χ2n) is 15.3. The molecule has 24 heteroatoms. The average molecular weight is 1430 g/mol. The van der Waals surface area contributed by atoms with Crippen LogP contribution in [0.25, 0.3) is 0 Å². The number of phenols is 8. The second-order valence-corrected chi connectivity index (χ2v) is 15.3. The summed E-state index contributed by atoms with van der Waals surface area (Å²) in [5.41, 5.74) is -6.07. The lowest BCUT2D eigenvalue weighted by Crippen LogP contribution is -2.16. The number of benzene rings is 8. The van der Waals surface area contributed by atoms with Gasteiger partial charge in [0.15, 0.2) is 0 Å². The van der Waals surface area contributed by atoms with Gasteiger partial charge in [0.05, 0.1) is 98.1 Å². The number of aliphatic hydroxyl groups excluding tert-OH is 4. The average Bonchev–Trinajstić information content (AvgIpc) is 0.724. The Morgan fingerprint density at radius 3 is 0.740 bits per heavy atom. The van der Waals surface area contributed by atoms with Crippen molar-refractivity contribution in [1.29, 1.82) is 22.9 Å². The van der Waals surface area contributed by atoms with Crippen LogP contribution in [0.15, 0.2) is 193 Å². The molecule has 8 atom stereocenters. The van der Waals surface area contributed by atoms with E-state index in [1.165, 1.54) is 0 Å². The molecule has 8 aromatic rings. The molecule has 8 rings (SSSR count). The Hall–Kier alpha value is -8.48. The molecule has 4 unspecified atom stereocenters. The first-order valence-corrected chi connectivity index (χ1v) is 24.1. The lowest BCUT2D eigenvalue weighted by molar-refractivity contribution is 0.177. The fourth-order valence-electron chi connectivity index (χ4n) is 4.87. The van der Waals surface area contributed by atoms with E-state index in [1.807, 2.05) is 0 Å². The maximum Gasteiger partial charge on any atom is 0.293 e. The van der Waals surface area contributed by atoms with Gasteiger partial charge in [-0.25, -0.2) is 0 Å². The minimum atomic E-state index is -3.60. The molecule has 0 fully saturated rings. The van der Waals surface area contributed by atoms with Gasteiger partial charge < -0.3 is 124 Å². The predicted molar refractivity (Wildman–Crippen MR) is 376 cm³/mol. The maximum atomic E-state index is 8.05. The smallest absolute Gasteiger partial charge is 0.293 e. The molecule has 0 saturated carbocycles. The molecule has 528 valence electrons. The van der Waals surface area contributed by atoms with Gasteiger partial charge in [-0.1, -0.05) is 96.7 Å². The first kappa shape index (κ1) is 20.3. The van der Waals surface area contributed by atoms with E-state index in [2.05, 4.69) is 81.7 Å².